The molecule has 0 fully saturated rings. The molecule has 0 heterocycles. The molecule has 0 spiro atoms. The number of hydrogen-bond acceptors (Lipinski definition) is 3. The van der Waals surface area contributed by atoms with Gasteiger partial charge in [0.2, 0.25) is 0 Å². The molecule has 136 valence electrons. The van der Waals surface area contributed by atoms with Crippen LogP contribution in [-0.2, 0) is 11.0 Å². The second-order valence-corrected chi connectivity index (χ2v) is 6.67. The molecule has 0 N–H and O–H groups in total. The average molecular weight is 338 g/mol. The molecule has 0 aliphatic rings. The lowest BCUT2D eigenvalue weighted by Gasteiger charge is -2.39. The van der Waals surface area contributed by atoms with E-state index in [1.165, 1.54) is 88.4 Å². The molecule has 0 atom stereocenters. The van der Waals surface area contributed by atoms with Crippen LogP contribution in [0, 0.1) is 0 Å². The van der Waals surface area contributed by atoms with Crippen molar-refractivity contribution in [2.24, 2.45) is 0 Å². The van der Waals surface area contributed by atoms with Crippen molar-refractivity contribution < 1.29 is 17.5 Å². The van der Waals surface area contributed by atoms with Gasteiger partial charge in [-0.3, -0.25) is 0 Å². The normalized spacial score (nSPS) is 11.4. The van der Waals surface area contributed by atoms with Gasteiger partial charge in [-0.25, -0.2) is 8.42 Å². The topological polar surface area (TPSA) is 57.2 Å². The van der Waals surface area contributed by atoms with E-state index in [-0.39, 0.29) is 0 Å². The van der Waals surface area contributed by atoms with Gasteiger partial charge in [-0.1, -0.05) is 53.4 Å². The van der Waals surface area contributed by atoms with E-state index in [0.29, 0.717) is 0 Å². The van der Waals surface area contributed by atoms with Crippen molar-refractivity contribution >= 4 is 11.0 Å². The van der Waals surface area contributed by atoms with Crippen LogP contribution in [0.2, 0.25) is 0 Å². The molecule has 0 aromatic carbocycles. The first-order valence-electron chi connectivity index (χ1n) is 9.14. The zero-order chi connectivity index (χ0) is 17.3. The number of quaternary nitrogens is 1. The minimum absolute atomic E-state index is 1.35. The highest BCUT2D eigenvalue weighted by Gasteiger charge is 2.24. The van der Waals surface area contributed by atoms with Gasteiger partial charge in [0, 0.05) is 0 Å². The van der Waals surface area contributed by atoms with Crippen molar-refractivity contribution in [3.8, 4) is 0 Å². The van der Waals surface area contributed by atoms with Crippen LogP contribution in [-0.4, -0.2) is 43.6 Å². The zero-order valence-corrected chi connectivity index (χ0v) is 16.2. The summed E-state index contributed by atoms with van der Waals surface area (Å²) in [5.74, 6) is 0. The number of rotatable bonds is 13. The Morgan fingerprint density at radius 1 is 0.636 bits per heavy atom. The van der Waals surface area contributed by atoms with Crippen LogP contribution in [0.4, 0.5) is 0 Å². The maximum Gasteiger partial charge on any atom is 0.0832 e. The summed E-state index contributed by atoms with van der Waals surface area (Å²) in [6.07, 6.45) is 12.5. The predicted molar refractivity (Wildman–Crippen MR) is 95.1 cm³/mol. The highest BCUT2D eigenvalue weighted by Crippen LogP contribution is 2.16. The Labute approximate surface area is 140 Å². The lowest BCUT2D eigenvalue weighted by atomic mass is 10.1. The molecule has 5 heteroatoms. The fourth-order valence-corrected chi connectivity index (χ4v) is 2.85. The quantitative estimate of drug-likeness (QED) is 0.238. The highest BCUT2D eigenvalue weighted by atomic mass is 32.2. The molecular formula is C17H39NO3S. The van der Waals surface area contributed by atoms with Crippen molar-refractivity contribution in [1.29, 1.82) is 0 Å². The minimum Gasteiger partial charge on any atom is -0.750 e. The van der Waals surface area contributed by atoms with Crippen LogP contribution in [0.25, 0.3) is 0 Å². The van der Waals surface area contributed by atoms with Gasteiger partial charge in [-0.2, -0.15) is 0 Å². The van der Waals surface area contributed by atoms with E-state index in [0.717, 1.165) is 0 Å². The Bertz CT molecular complexity index is 264. The number of hydrogen-bond donors (Lipinski definition) is 1. The third-order valence-corrected chi connectivity index (χ3v) is 4.19. The highest BCUT2D eigenvalue weighted by molar-refractivity contribution is 7.66. The summed E-state index contributed by atoms with van der Waals surface area (Å²) in [6.45, 7) is 15.0. The molecule has 0 bridgehead atoms. The van der Waals surface area contributed by atoms with Crippen molar-refractivity contribution in [2.75, 3.05) is 26.2 Å². The van der Waals surface area contributed by atoms with Gasteiger partial charge in [0.05, 0.1) is 37.2 Å². The lowest BCUT2D eigenvalue weighted by Crippen LogP contribution is -2.50. The van der Waals surface area contributed by atoms with Crippen LogP contribution in [0.5, 0.6) is 0 Å². The third kappa shape index (κ3) is 16.2. The van der Waals surface area contributed by atoms with Gasteiger partial charge >= 0.3 is 0 Å². The second kappa shape index (κ2) is 17.2. The van der Waals surface area contributed by atoms with E-state index >= 15 is 0 Å². The Morgan fingerprint density at radius 3 is 1.18 bits per heavy atom. The summed E-state index contributed by atoms with van der Waals surface area (Å²) in [5.41, 5.74) is 0. The number of thiol groups is 1. The molecule has 0 aromatic rings. The first-order valence-corrected chi connectivity index (χ1v) is 10.2. The van der Waals surface area contributed by atoms with E-state index in [1.54, 1.807) is 0 Å². The Kier molecular flexibility index (Phi) is 18.9. The molecule has 4 nitrogen and oxygen atoms in total. The molecule has 0 rings (SSSR count). The molecule has 0 aliphatic heterocycles. The number of unbranched alkanes of at least 4 members (excludes halogenated alkanes) is 5. The molecule has 22 heavy (non-hydrogen) atoms. The molecule has 0 amide bonds. The Balaban J connectivity index is 0. The van der Waals surface area contributed by atoms with E-state index in [4.69, 9.17) is 13.0 Å². The predicted octanol–water partition coefficient (Wildman–Crippen LogP) is 4.12. The SMILES string of the molecule is CCCCC[N+](CCCC)(CCCC)CCCC.O=[SH](=O)[O-]. The molecular weight excluding hydrogens is 298 g/mol. The Morgan fingerprint density at radius 2 is 0.909 bits per heavy atom. The van der Waals surface area contributed by atoms with E-state index in [2.05, 4.69) is 27.7 Å². The van der Waals surface area contributed by atoms with Crippen LogP contribution in [0.15, 0.2) is 0 Å². The fraction of sp³-hybridized carbons (Fsp3) is 1.00. The van der Waals surface area contributed by atoms with E-state index in [9.17, 15) is 0 Å². The second-order valence-electron chi connectivity index (χ2n) is 6.23. The van der Waals surface area contributed by atoms with Gasteiger partial charge in [0.15, 0.2) is 0 Å². The van der Waals surface area contributed by atoms with Crippen LogP contribution in [0.1, 0.15) is 85.5 Å². The van der Waals surface area contributed by atoms with Crippen LogP contribution in [0.3, 0.4) is 0 Å². The van der Waals surface area contributed by atoms with Crippen molar-refractivity contribution in [1.82, 2.24) is 0 Å². The van der Waals surface area contributed by atoms with Crippen LogP contribution >= 0.6 is 0 Å². The van der Waals surface area contributed by atoms with E-state index in [1.807, 2.05) is 0 Å². The molecule has 0 aliphatic carbocycles. The fourth-order valence-electron chi connectivity index (χ4n) is 2.85. The monoisotopic (exact) mass is 337 g/mol. The zero-order valence-electron chi connectivity index (χ0n) is 15.3. The van der Waals surface area contributed by atoms with Gasteiger partial charge in [-0.05, 0) is 32.1 Å². The first-order chi connectivity index (χ1) is 10.5. The molecule has 0 aromatic heterocycles. The van der Waals surface area contributed by atoms with E-state index < -0.39 is 11.0 Å². The smallest absolute Gasteiger partial charge is 0.0832 e. The Hall–Kier alpha value is -0.130. The van der Waals surface area contributed by atoms with Gasteiger partial charge in [0.25, 0.3) is 0 Å². The molecule has 0 radical (unpaired) electrons. The van der Waals surface area contributed by atoms with Crippen molar-refractivity contribution in [2.45, 2.75) is 85.5 Å². The summed E-state index contributed by atoms with van der Waals surface area (Å²) in [6, 6.07) is 0. The average Bonchev–Trinajstić information content (AvgIpc) is 2.48. The lowest BCUT2D eigenvalue weighted by molar-refractivity contribution is -0.929. The minimum atomic E-state index is -3.37. The van der Waals surface area contributed by atoms with Crippen LogP contribution < -0.4 is 0 Å². The first kappa shape index (κ1) is 24.1. The molecule has 0 saturated heterocycles. The molecule has 0 saturated carbocycles. The molecule has 0 unspecified atom stereocenters. The number of nitrogens with zero attached hydrogens (tertiary/aromatic N) is 1. The third-order valence-electron chi connectivity index (χ3n) is 4.19. The largest absolute Gasteiger partial charge is 0.750 e. The van der Waals surface area contributed by atoms with Crippen molar-refractivity contribution in [3.63, 3.8) is 0 Å². The summed E-state index contributed by atoms with van der Waals surface area (Å²) in [4.78, 5) is 0. The van der Waals surface area contributed by atoms with Gasteiger partial charge in [-0.15, -0.1) is 0 Å². The summed E-state index contributed by atoms with van der Waals surface area (Å²) >= 11 is 0. The summed E-state index contributed by atoms with van der Waals surface area (Å²) in [7, 11) is -3.37. The van der Waals surface area contributed by atoms with Gasteiger partial charge in [0.1, 0.15) is 0 Å². The maximum absolute atomic E-state index is 8.48. The standard InChI is InChI=1S/C17H38N.H2O3S/c1-5-9-13-17-18(14-10-6-2,15-11-7-3)16-12-8-4;1-4(2)3/h5-17H2,1-4H3;4H,(H,1,2,3)/q+1;/p-1. The maximum atomic E-state index is 8.48. The summed E-state index contributed by atoms with van der Waals surface area (Å²) < 4.78 is 26.9. The van der Waals surface area contributed by atoms with Crippen molar-refractivity contribution in [3.05, 3.63) is 0 Å². The van der Waals surface area contributed by atoms with Gasteiger partial charge < -0.3 is 9.04 Å². The summed E-state index contributed by atoms with van der Waals surface area (Å²) in [5, 5.41) is 0.